The summed E-state index contributed by atoms with van der Waals surface area (Å²) in [6.07, 6.45) is 4.65. The van der Waals surface area contributed by atoms with E-state index < -0.39 is 5.54 Å². The molecule has 6 heteroatoms. The van der Waals surface area contributed by atoms with Gasteiger partial charge in [-0.1, -0.05) is 0 Å². The highest BCUT2D eigenvalue weighted by atomic mass is 16.5. The Kier molecular flexibility index (Phi) is 3.44. The zero-order valence-electron chi connectivity index (χ0n) is 9.98. The summed E-state index contributed by atoms with van der Waals surface area (Å²) in [6, 6.07) is 0. The van der Waals surface area contributed by atoms with Crippen LogP contribution in [0.25, 0.3) is 0 Å². The minimum atomic E-state index is -0.767. The van der Waals surface area contributed by atoms with Crippen LogP contribution in [0.5, 0.6) is 0 Å². The number of carbonyl (C=O) groups is 1. The highest BCUT2D eigenvalue weighted by molar-refractivity contribution is 5.86. The number of ether oxygens (including phenoxy) is 1. The van der Waals surface area contributed by atoms with E-state index >= 15 is 0 Å². The smallest absolute Gasteiger partial charge is 0.242 e. The summed E-state index contributed by atoms with van der Waals surface area (Å²) in [5, 5.41) is 6.57. The molecule has 0 atom stereocenters. The summed E-state index contributed by atoms with van der Waals surface area (Å²) < 4.78 is 5.23. The van der Waals surface area contributed by atoms with Crippen molar-refractivity contribution >= 4 is 5.91 Å². The molecule has 3 N–H and O–H groups in total. The first kappa shape index (κ1) is 12.1. The molecular weight excluding hydrogens is 220 g/mol. The van der Waals surface area contributed by atoms with Crippen molar-refractivity contribution in [1.29, 1.82) is 0 Å². The van der Waals surface area contributed by atoms with Crippen molar-refractivity contribution in [1.82, 2.24) is 15.1 Å². The van der Waals surface area contributed by atoms with Crippen LogP contribution in [0.1, 0.15) is 18.4 Å². The molecule has 0 spiro atoms. The lowest BCUT2D eigenvalue weighted by Gasteiger charge is -2.35. The number of H-pyrrole nitrogens is 1. The van der Waals surface area contributed by atoms with Crippen molar-refractivity contribution in [3.8, 4) is 0 Å². The first-order valence-electron chi connectivity index (χ1n) is 5.72. The van der Waals surface area contributed by atoms with Crippen LogP contribution < -0.4 is 5.73 Å². The zero-order valence-corrected chi connectivity index (χ0v) is 9.98. The Balaban J connectivity index is 1.98. The largest absolute Gasteiger partial charge is 0.381 e. The van der Waals surface area contributed by atoms with E-state index in [-0.39, 0.29) is 5.91 Å². The van der Waals surface area contributed by atoms with Crippen LogP contribution in [0, 0.1) is 0 Å². The van der Waals surface area contributed by atoms with Crippen LogP contribution in [-0.2, 0) is 16.1 Å². The van der Waals surface area contributed by atoms with Gasteiger partial charge in [0.05, 0.1) is 11.7 Å². The highest BCUT2D eigenvalue weighted by Crippen LogP contribution is 2.20. The summed E-state index contributed by atoms with van der Waals surface area (Å²) in [5.41, 5.74) is 6.34. The molecule has 17 heavy (non-hydrogen) atoms. The predicted molar refractivity (Wildman–Crippen MR) is 62.0 cm³/mol. The molecule has 0 bridgehead atoms. The lowest BCUT2D eigenvalue weighted by molar-refractivity contribution is -0.139. The summed E-state index contributed by atoms with van der Waals surface area (Å²) >= 11 is 0. The van der Waals surface area contributed by atoms with Crippen LogP contribution in [-0.4, -0.2) is 46.8 Å². The third-order valence-electron chi connectivity index (χ3n) is 3.13. The van der Waals surface area contributed by atoms with Crippen LogP contribution in [0.4, 0.5) is 0 Å². The molecule has 1 aliphatic rings. The molecule has 0 aromatic carbocycles. The Morgan fingerprint density at radius 1 is 1.65 bits per heavy atom. The number of hydrogen-bond donors (Lipinski definition) is 2. The van der Waals surface area contributed by atoms with Gasteiger partial charge in [0.25, 0.3) is 0 Å². The molecule has 0 radical (unpaired) electrons. The topological polar surface area (TPSA) is 84.2 Å². The molecule has 0 aliphatic carbocycles. The lowest BCUT2D eigenvalue weighted by atomic mass is 9.90. The van der Waals surface area contributed by atoms with Gasteiger partial charge >= 0.3 is 0 Å². The molecule has 2 rings (SSSR count). The first-order valence-corrected chi connectivity index (χ1v) is 5.72. The fraction of sp³-hybridized carbons (Fsp3) is 0.636. The number of amides is 1. The van der Waals surface area contributed by atoms with E-state index in [0.29, 0.717) is 32.6 Å². The third-order valence-corrected chi connectivity index (χ3v) is 3.13. The van der Waals surface area contributed by atoms with Gasteiger partial charge in [-0.2, -0.15) is 5.10 Å². The second-order valence-electron chi connectivity index (χ2n) is 4.54. The molecule has 1 fully saturated rings. The fourth-order valence-corrected chi connectivity index (χ4v) is 2.04. The average molecular weight is 238 g/mol. The van der Waals surface area contributed by atoms with E-state index in [2.05, 4.69) is 10.2 Å². The number of rotatable bonds is 3. The highest BCUT2D eigenvalue weighted by Gasteiger charge is 2.37. The number of nitrogens with zero attached hydrogens (tertiary/aromatic N) is 2. The van der Waals surface area contributed by atoms with Crippen molar-refractivity contribution in [3.05, 3.63) is 18.0 Å². The van der Waals surface area contributed by atoms with Crippen molar-refractivity contribution in [2.75, 3.05) is 20.3 Å². The maximum absolute atomic E-state index is 12.3. The van der Waals surface area contributed by atoms with Crippen LogP contribution in [0.3, 0.4) is 0 Å². The number of nitrogens with two attached hydrogens (primary N) is 1. The molecule has 6 nitrogen and oxygen atoms in total. The second-order valence-corrected chi connectivity index (χ2v) is 4.54. The molecule has 1 saturated heterocycles. The number of aromatic amines is 1. The van der Waals surface area contributed by atoms with Crippen molar-refractivity contribution in [2.24, 2.45) is 5.73 Å². The summed E-state index contributed by atoms with van der Waals surface area (Å²) in [6.45, 7) is 1.64. The maximum atomic E-state index is 12.3. The summed E-state index contributed by atoms with van der Waals surface area (Å²) in [5.74, 6) is -0.0259. The Hall–Kier alpha value is -1.40. The Morgan fingerprint density at radius 2 is 2.35 bits per heavy atom. The van der Waals surface area contributed by atoms with Gasteiger partial charge in [0.2, 0.25) is 5.91 Å². The normalized spacial score (nSPS) is 18.9. The minimum absolute atomic E-state index is 0.0259. The van der Waals surface area contributed by atoms with Gasteiger partial charge in [0, 0.05) is 38.6 Å². The first-order chi connectivity index (χ1) is 8.12. The van der Waals surface area contributed by atoms with Crippen molar-refractivity contribution in [2.45, 2.75) is 24.9 Å². The van der Waals surface area contributed by atoms with Gasteiger partial charge in [0.1, 0.15) is 0 Å². The van der Waals surface area contributed by atoms with Crippen molar-refractivity contribution < 1.29 is 9.53 Å². The molecule has 1 amide bonds. The Labute approximate surface area is 100 Å². The Bertz CT molecular complexity index is 371. The number of nitrogens with one attached hydrogen (secondary N) is 1. The van der Waals surface area contributed by atoms with E-state index in [0.717, 1.165) is 5.56 Å². The molecule has 1 aliphatic heterocycles. The molecule has 2 heterocycles. The van der Waals surface area contributed by atoms with E-state index in [1.807, 2.05) is 0 Å². The van der Waals surface area contributed by atoms with E-state index in [1.165, 1.54) is 0 Å². The van der Waals surface area contributed by atoms with Gasteiger partial charge in [-0.05, 0) is 12.8 Å². The average Bonchev–Trinajstić information content (AvgIpc) is 2.81. The summed E-state index contributed by atoms with van der Waals surface area (Å²) in [4.78, 5) is 13.9. The zero-order chi connectivity index (χ0) is 12.3. The summed E-state index contributed by atoms with van der Waals surface area (Å²) in [7, 11) is 1.76. The molecule has 1 aromatic rings. The maximum Gasteiger partial charge on any atom is 0.242 e. The molecule has 94 valence electrons. The van der Waals surface area contributed by atoms with Crippen LogP contribution >= 0.6 is 0 Å². The lowest BCUT2D eigenvalue weighted by Crippen LogP contribution is -2.57. The predicted octanol–water partition coefficient (Wildman–Crippen LogP) is -0.124. The van der Waals surface area contributed by atoms with Gasteiger partial charge in [-0.3, -0.25) is 9.89 Å². The minimum Gasteiger partial charge on any atom is -0.381 e. The standard InChI is InChI=1S/C11H18N4O2/c1-15(8-9-6-13-14-7-9)10(16)11(12)2-4-17-5-3-11/h6-7H,2-5,8,12H2,1H3,(H,13,14). The monoisotopic (exact) mass is 238 g/mol. The van der Waals surface area contributed by atoms with E-state index in [1.54, 1.807) is 24.3 Å². The molecule has 1 aromatic heterocycles. The number of aromatic nitrogens is 2. The SMILES string of the molecule is CN(Cc1cn[nH]c1)C(=O)C1(N)CCOCC1. The van der Waals surface area contributed by atoms with Gasteiger partial charge in [-0.15, -0.1) is 0 Å². The molecule has 0 unspecified atom stereocenters. The molecule has 0 saturated carbocycles. The number of hydrogen-bond acceptors (Lipinski definition) is 4. The van der Waals surface area contributed by atoms with Crippen LogP contribution in [0.2, 0.25) is 0 Å². The van der Waals surface area contributed by atoms with E-state index in [4.69, 9.17) is 10.5 Å². The van der Waals surface area contributed by atoms with Crippen molar-refractivity contribution in [3.63, 3.8) is 0 Å². The third kappa shape index (κ3) is 2.65. The van der Waals surface area contributed by atoms with E-state index in [9.17, 15) is 4.79 Å². The second kappa shape index (κ2) is 4.85. The Morgan fingerprint density at radius 3 is 2.94 bits per heavy atom. The van der Waals surface area contributed by atoms with Gasteiger partial charge < -0.3 is 15.4 Å². The quantitative estimate of drug-likeness (QED) is 0.768. The van der Waals surface area contributed by atoms with Gasteiger partial charge in [-0.25, -0.2) is 0 Å². The number of likely N-dealkylation sites (N-methyl/N-ethyl adjacent to an activating group) is 1. The number of carbonyl (C=O) groups excluding carboxylic acids is 1. The van der Waals surface area contributed by atoms with Crippen LogP contribution in [0.15, 0.2) is 12.4 Å². The van der Waals surface area contributed by atoms with Gasteiger partial charge in [0.15, 0.2) is 0 Å². The molecular formula is C11H18N4O2. The fourth-order valence-electron chi connectivity index (χ4n) is 2.04.